The smallest absolute Gasteiger partial charge is 0.408 e. The van der Waals surface area contributed by atoms with E-state index >= 15 is 0 Å². The summed E-state index contributed by atoms with van der Waals surface area (Å²) in [5, 5.41) is 15.7. The molecule has 4 aromatic carbocycles. The number of benzene rings is 4. The van der Waals surface area contributed by atoms with Gasteiger partial charge < -0.3 is 35.4 Å². The van der Waals surface area contributed by atoms with Gasteiger partial charge in [0.05, 0.1) is 16.9 Å². The molecule has 2 amide bonds. The number of nitrogens with zero attached hydrogens (tertiary/aromatic N) is 1. The quantitative estimate of drug-likeness (QED) is 0.0902. The van der Waals surface area contributed by atoms with Crippen LogP contribution in [0, 0.1) is 13.8 Å². The Morgan fingerprint density at radius 1 is 0.619 bits per heavy atom. The topological polar surface area (TPSA) is 148 Å². The molecule has 1 aliphatic heterocycles. The Morgan fingerprint density at radius 2 is 1.13 bits per heavy atom. The minimum absolute atomic E-state index is 0.106. The summed E-state index contributed by atoms with van der Waals surface area (Å²) in [6.07, 6.45) is 3.59. The standard InChI is InChI=1S/C53H48N6O4/c1-31-9-15-34(16-10-31)48-41-23-21-39(55-41)40-22-24-42(56-40)49(35-17-11-32(2)12-18-35)44-26-28-46(58-44)50(45-27-25-43(48)57-45)36-7-6-8-37(30-36)54-51(61)47(59-52(62)63-53(3,4)5)29-33-13-19-38(60)20-14-33/h6-28,30,47,55,57-58,60H,29H2,1-5H3,(H,54,61)(H,59,62). The lowest BCUT2D eigenvalue weighted by molar-refractivity contribution is -0.118. The monoisotopic (exact) mass is 832 g/mol. The largest absolute Gasteiger partial charge is 0.508 e. The van der Waals surface area contributed by atoms with Crippen LogP contribution in [-0.2, 0) is 16.0 Å². The van der Waals surface area contributed by atoms with Crippen molar-refractivity contribution in [1.29, 1.82) is 0 Å². The van der Waals surface area contributed by atoms with E-state index < -0.39 is 23.6 Å². The first-order valence-corrected chi connectivity index (χ1v) is 21.0. The second-order valence-electron chi connectivity index (χ2n) is 17.1. The van der Waals surface area contributed by atoms with Crippen molar-refractivity contribution in [2.75, 3.05) is 5.32 Å². The molecule has 0 aliphatic carbocycles. The number of phenolic OH excluding ortho intramolecular Hbond substituents is 1. The zero-order valence-electron chi connectivity index (χ0n) is 35.8. The lowest BCUT2D eigenvalue weighted by Gasteiger charge is -2.23. The van der Waals surface area contributed by atoms with E-state index in [1.165, 1.54) is 5.56 Å². The predicted octanol–water partition coefficient (Wildman–Crippen LogP) is 12.1. The Hall–Kier alpha value is -7.85. The molecule has 0 saturated heterocycles. The van der Waals surface area contributed by atoms with Crippen LogP contribution in [0.1, 0.15) is 48.8 Å². The van der Waals surface area contributed by atoms with Crippen LogP contribution in [0.4, 0.5) is 10.5 Å². The van der Waals surface area contributed by atoms with Crippen molar-refractivity contribution in [1.82, 2.24) is 25.3 Å². The van der Waals surface area contributed by atoms with Crippen molar-refractivity contribution in [2.24, 2.45) is 0 Å². The molecule has 0 saturated carbocycles. The number of nitrogens with one attached hydrogen (secondary N) is 5. The van der Waals surface area contributed by atoms with Crippen molar-refractivity contribution in [3.05, 3.63) is 162 Å². The third-order valence-corrected chi connectivity index (χ3v) is 11.1. The maximum atomic E-state index is 14.1. The molecule has 4 aromatic heterocycles. The van der Waals surface area contributed by atoms with E-state index in [2.05, 4.69) is 137 Å². The lowest BCUT2D eigenvalue weighted by atomic mass is 10.0. The molecule has 63 heavy (non-hydrogen) atoms. The average Bonchev–Trinajstić information content (AvgIpc) is 4.09. The number of phenols is 1. The fraction of sp³-hybridized carbons (Fsp3) is 0.151. The summed E-state index contributed by atoms with van der Waals surface area (Å²) in [5.41, 5.74) is 15.7. The average molecular weight is 833 g/mol. The number of amides is 2. The van der Waals surface area contributed by atoms with Gasteiger partial charge in [0.2, 0.25) is 5.91 Å². The minimum atomic E-state index is -0.985. The molecular weight excluding hydrogens is 785 g/mol. The number of hydrogen-bond acceptors (Lipinski definition) is 5. The highest BCUT2D eigenvalue weighted by Crippen LogP contribution is 2.36. The van der Waals surface area contributed by atoms with Gasteiger partial charge in [0.25, 0.3) is 0 Å². The third kappa shape index (κ3) is 8.83. The molecule has 1 atom stereocenters. The Kier molecular flexibility index (Phi) is 10.7. The van der Waals surface area contributed by atoms with E-state index in [1.807, 2.05) is 24.3 Å². The first-order chi connectivity index (χ1) is 30.3. The number of aromatic hydroxyl groups is 1. The SMILES string of the molecule is Cc1ccc(-c2c3nc(c4ccc([nH]4)c(-c4ccc(C)cc4)c4ccc([nH]4)c(-c4cccc(NC(=O)C(Cc5ccc(O)cc5)NC(=O)OC(C)(C)C)c4)c4ccc2[nH]4)C=C3)cc1. The highest BCUT2D eigenvalue weighted by Gasteiger charge is 2.25. The van der Waals surface area contributed by atoms with Crippen molar-refractivity contribution >= 4 is 62.9 Å². The summed E-state index contributed by atoms with van der Waals surface area (Å²) in [5.74, 6) is -0.321. The number of rotatable bonds is 8. The van der Waals surface area contributed by atoms with Gasteiger partial charge in [-0.15, -0.1) is 0 Å². The number of aromatic nitrogens is 4. The molecule has 8 aromatic rings. The fourth-order valence-electron chi connectivity index (χ4n) is 8.02. The van der Waals surface area contributed by atoms with Gasteiger partial charge in [-0.3, -0.25) is 4.79 Å². The molecule has 8 bridgehead atoms. The second kappa shape index (κ2) is 16.5. The maximum absolute atomic E-state index is 14.1. The van der Waals surface area contributed by atoms with Gasteiger partial charge in [0.1, 0.15) is 17.4 Å². The van der Waals surface area contributed by atoms with Crippen LogP contribution in [0.15, 0.2) is 133 Å². The van der Waals surface area contributed by atoms with Gasteiger partial charge in [0.15, 0.2) is 0 Å². The highest BCUT2D eigenvalue weighted by atomic mass is 16.6. The molecule has 0 fully saturated rings. The predicted molar refractivity (Wildman–Crippen MR) is 255 cm³/mol. The van der Waals surface area contributed by atoms with E-state index in [4.69, 9.17) is 9.72 Å². The zero-order chi connectivity index (χ0) is 43.8. The van der Waals surface area contributed by atoms with E-state index in [9.17, 15) is 14.7 Å². The van der Waals surface area contributed by atoms with Crippen LogP contribution in [-0.4, -0.2) is 48.7 Å². The number of carbonyl (C=O) groups excluding carboxylic acids is 2. The Morgan fingerprint density at radius 3 is 1.71 bits per heavy atom. The van der Waals surface area contributed by atoms with Crippen molar-refractivity contribution in [2.45, 2.75) is 52.7 Å². The van der Waals surface area contributed by atoms with E-state index in [0.717, 1.165) is 89.0 Å². The summed E-state index contributed by atoms with van der Waals surface area (Å²) < 4.78 is 5.54. The van der Waals surface area contributed by atoms with Crippen molar-refractivity contribution in [3.8, 4) is 39.1 Å². The molecule has 1 unspecified atom stereocenters. The third-order valence-electron chi connectivity index (χ3n) is 11.1. The number of fused-ring (bicyclic) bond motifs is 9. The number of H-pyrrole nitrogens is 3. The van der Waals surface area contributed by atoms with E-state index in [1.54, 1.807) is 45.0 Å². The van der Waals surface area contributed by atoms with Gasteiger partial charge in [0, 0.05) is 56.4 Å². The van der Waals surface area contributed by atoms with Crippen molar-refractivity contribution < 1.29 is 19.4 Å². The Labute approximate surface area is 365 Å². The Bertz CT molecular complexity index is 3170. The molecule has 10 heteroatoms. The first kappa shape index (κ1) is 40.6. The fourth-order valence-corrected chi connectivity index (χ4v) is 8.02. The zero-order valence-corrected chi connectivity index (χ0v) is 35.8. The molecule has 0 spiro atoms. The number of anilines is 1. The summed E-state index contributed by atoms with van der Waals surface area (Å²) in [6.45, 7) is 9.47. The minimum Gasteiger partial charge on any atom is -0.508 e. The first-order valence-electron chi connectivity index (χ1n) is 21.0. The number of hydrogen-bond donors (Lipinski definition) is 6. The molecule has 9 rings (SSSR count). The second-order valence-corrected chi connectivity index (χ2v) is 17.1. The molecule has 314 valence electrons. The van der Waals surface area contributed by atoms with E-state index in [-0.39, 0.29) is 12.2 Å². The summed E-state index contributed by atoms with van der Waals surface area (Å²) in [6, 6.07) is 42.8. The number of ether oxygens (including phenoxy) is 1. The van der Waals surface area contributed by atoms with Gasteiger partial charge in [-0.05, 0) is 130 Å². The number of alkyl carbamates (subject to hydrolysis) is 1. The number of aromatic amines is 3. The van der Waals surface area contributed by atoms with Gasteiger partial charge in [-0.2, -0.15) is 0 Å². The Balaban J connectivity index is 1.22. The van der Waals surface area contributed by atoms with Crippen LogP contribution in [0.3, 0.4) is 0 Å². The van der Waals surface area contributed by atoms with Crippen molar-refractivity contribution in [3.63, 3.8) is 0 Å². The molecule has 10 nitrogen and oxygen atoms in total. The molecule has 5 heterocycles. The van der Waals surface area contributed by atoms with Gasteiger partial charge >= 0.3 is 6.09 Å². The maximum Gasteiger partial charge on any atom is 0.408 e. The van der Waals surface area contributed by atoms with Crippen LogP contribution >= 0.6 is 0 Å². The number of aryl methyl sites for hydroxylation is 2. The lowest BCUT2D eigenvalue weighted by Crippen LogP contribution is -2.47. The number of carbonyl (C=O) groups is 2. The van der Waals surface area contributed by atoms with Crippen LogP contribution in [0.5, 0.6) is 5.75 Å². The van der Waals surface area contributed by atoms with Crippen LogP contribution in [0.25, 0.3) is 78.6 Å². The summed E-state index contributed by atoms with van der Waals surface area (Å²) in [4.78, 5) is 43.6. The van der Waals surface area contributed by atoms with E-state index in [0.29, 0.717) is 5.69 Å². The van der Waals surface area contributed by atoms with Crippen LogP contribution < -0.4 is 10.6 Å². The molecule has 6 N–H and O–H groups in total. The highest BCUT2D eigenvalue weighted by molar-refractivity contribution is 6.02. The van der Waals surface area contributed by atoms with Gasteiger partial charge in [-0.1, -0.05) is 83.9 Å². The normalized spacial score (nSPS) is 12.3. The molecule has 0 radical (unpaired) electrons. The van der Waals surface area contributed by atoms with Crippen LogP contribution in [0.2, 0.25) is 0 Å². The summed E-state index contributed by atoms with van der Waals surface area (Å²) in [7, 11) is 0. The van der Waals surface area contributed by atoms with Gasteiger partial charge in [-0.25, -0.2) is 9.78 Å². The molecular formula is C53H48N6O4. The summed E-state index contributed by atoms with van der Waals surface area (Å²) >= 11 is 0. The molecule has 1 aliphatic rings.